The van der Waals surface area contributed by atoms with Gasteiger partial charge >= 0.3 is 0 Å². The van der Waals surface area contributed by atoms with Gasteiger partial charge in [-0.1, -0.05) is 12.1 Å². The highest BCUT2D eigenvalue weighted by atomic mass is 16.6. The average Bonchev–Trinajstić information content (AvgIpc) is 2.40. The summed E-state index contributed by atoms with van der Waals surface area (Å²) in [5, 5.41) is 10.5. The minimum atomic E-state index is -0.439. The van der Waals surface area contributed by atoms with E-state index in [1.165, 1.54) is 18.2 Å². The van der Waals surface area contributed by atoms with E-state index in [2.05, 4.69) is 4.99 Å². The van der Waals surface area contributed by atoms with Crippen LogP contribution in [0.4, 0.5) is 11.4 Å². The smallest absolute Gasteiger partial charge is 0.258 e. The maximum Gasteiger partial charge on any atom is 0.269 e. The molecule has 18 heavy (non-hydrogen) atoms. The van der Waals surface area contributed by atoms with Crippen LogP contribution in [0.25, 0.3) is 11.1 Å². The van der Waals surface area contributed by atoms with E-state index in [0.29, 0.717) is 5.69 Å². The number of non-ortho nitro benzene ring substituents is 1. The van der Waals surface area contributed by atoms with Gasteiger partial charge in [0, 0.05) is 12.1 Å². The molecule has 0 bridgehead atoms. The number of hydrogen-bond acceptors (Lipinski definition) is 4. The Kier molecular flexibility index (Phi) is 3.27. The number of nitro benzene ring substituents is 1. The predicted octanol–water partition coefficient (Wildman–Crippen LogP) is 3.23. The molecule has 0 fully saturated rings. The van der Waals surface area contributed by atoms with E-state index in [4.69, 9.17) is 0 Å². The molecular weight excluding hydrogens is 232 g/mol. The summed E-state index contributed by atoms with van der Waals surface area (Å²) in [5.41, 5.74) is 2.34. The molecule has 0 aliphatic rings. The van der Waals surface area contributed by atoms with Crippen molar-refractivity contribution in [3.05, 3.63) is 58.6 Å². The van der Waals surface area contributed by atoms with Crippen molar-refractivity contribution in [2.45, 2.75) is 0 Å². The third kappa shape index (κ3) is 2.48. The first kappa shape index (κ1) is 11.7. The minimum Gasteiger partial charge on any atom is -0.258 e. The Labute approximate surface area is 103 Å². The molecule has 5 heteroatoms. The predicted molar refractivity (Wildman–Crippen MR) is 66.3 cm³/mol. The average molecular weight is 240 g/mol. The molecule has 0 saturated heterocycles. The van der Waals surface area contributed by atoms with Gasteiger partial charge in [-0.05, 0) is 35.4 Å². The van der Waals surface area contributed by atoms with Crippen LogP contribution in [0.5, 0.6) is 0 Å². The lowest BCUT2D eigenvalue weighted by Gasteiger charge is -2.01. The zero-order valence-corrected chi connectivity index (χ0v) is 9.24. The molecule has 2 aromatic rings. The highest BCUT2D eigenvalue weighted by Gasteiger charge is 2.04. The summed E-state index contributed by atoms with van der Waals surface area (Å²) in [6.45, 7) is 0. The Bertz CT molecular complexity index is 568. The van der Waals surface area contributed by atoms with Crippen LogP contribution in [0.15, 0.2) is 53.5 Å². The van der Waals surface area contributed by atoms with Crippen molar-refractivity contribution in [1.29, 1.82) is 0 Å². The molecule has 0 aliphatic heterocycles. The Morgan fingerprint density at radius 1 is 0.944 bits per heavy atom. The van der Waals surface area contributed by atoms with Gasteiger partial charge in [0.15, 0.2) is 0 Å². The minimum absolute atomic E-state index is 0.0564. The van der Waals surface area contributed by atoms with Crippen LogP contribution >= 0.6 is 0 Å². The number of rotatable bonds is 3. The van der Waals surface area contributed by atoms with E-state index in [-0.39, 0.29) is 5.69 Å². The van der Waals surface area contributed by atoms with Crippen molar-refractivity contribution in [3.63, 3.8) is 0 Å². The van der Waals surface area contributed by atoms with Gasteiger partial charge in [0.25, 0.3) is 5.69 Å². The van der Waals surface area contributed by atoms with Gasteiger partial charge in [-0.15, -0.1) is 0 Å². The van der Waals surface area contributed by atoms with Crippen LogP contribution < -0.4 is 0 Å². The number of nitrogens with zero attached hydrogens (tertiary/aromatic N) is 2. The standard InChI is InChI=1S/C13H8N2O3/c16-9-14-12-5-1-10(2-6-12)11-3-7-13(8-4-11)15(17)18/h1-8H. The summed E-state index contributed by atoms with van der Waals surface area (Å²) in [4.78, 5) is 23.6. The van der Waals surface area contributed by atoms with Crippen LogP contribution in [-0.2, 0) is 4.79 Å². The van der Waals surface area contributed by atoms with Crippen molar-refractivity contribution in [2.24, 2.45) is 4.99 Å². The second-order valence-corrected chi connectivity index (χ2v) is 3.55. The number of benzene rings is 2. The van der Waals surface area contributed by atoms with Gasteiger partial charge in [0.2, 0.25) is 6.08 Å². The first-order valence-corrected chi connectivity index (χ1v) is 5.13. The summed E-state index contributed by atoms with van der Waals surface area (Å²) in [7, 11) is 0. The normalized spacial score (nSPS) is 9.56. The maximum absolute atomic E-state index is 10.5. The Morgan fingerprint density at radius 3 is 1.89 bits per heavy atom. The topological polar surface area (TPSA) is 72.6 Å². The molecule has 0 unspecified atom stereocenters. The van der Waals surface area contributed by atoms with Crippen molar-refractivity contribution in [2.75, 3.05) is 0 Å². The summed E-state index contributed by atoms with van der Waals surface area (Å²) in [6.07, 6.45) is 1.46. The van der Waals surface area contributed by atoms with E-state index in [9.17, 15) is 14.9 Å². The molecule has 88 valence electrons. The molecule has 0 saturated carbocycles. The molecule has 0 spiro atoms. The Hall–Kier alpha value is -2.78. The molecule has 0 aromatic heterocycles. The lowest BCUT2D eigenvalue weighted by molar-refractivity contribution is -0.384. The maximum atomic E-state index is 10.5. The molecule has 0 N–H and O–H groups in total. The highest BCUT2D eigenvalue weighted by molar-refractivity contribution is 5.67. The van der Waals surface area contributed by atoms with Gasteiger partial charge < -0.3 is 0 Å². The van der Waals surface area contributed by atoms with E-state index < -0.39 is 4.92 Å². The second-order valence-electron chi connectivity index (χ2n) is 3.55. The quantitative estimate of drug-likeness (QED) is 0.358. The monoisotopic (exact) mass is 240 g/mol. The van der Waals surface area contributed by atoms with Crippen LogP contribution in [0, 0.1) is 10.1 Å². The Balaban J connectivity index is 2.31. The number of aliphatic imine (C=N–C) groups is 1. The van der Waals surface area contributed by atoms with Crippen molar-refractivity contribution in [3.8, 4) is 11.1 Å². The number of isocyanates is 1. The zero-order chi connectivity index (χ0) is 13.0. The number of hydrogen-bond donors (Lipinski definition) is 0. The fraction of sp³-hybridized carbons (Fsp3) is 0. The highest BCUT2D eigenvalue weighted by Crippen LogP contribution is 2.24. The van der Waals surface area contributed by atoms with E-state index >= 15 is 0 Å². The fourth-order valence-electron chi connectivity index (χ4n) is 1.56. The van der Waals surface area contributed by atoms with Gasteiger partial charge in [-0.3, -0.25) is 10.1 Å². The van der Waals surface area contributed by atoms with Gasteiger partial charge in [-0.2, -0.15) is 4.99 Å². The second kappa shape index (κ2) is 5.03. The number of nitro groups is 1. The van der Waals surface area contributed by atoms with Crippen LogP contribution in [-0.4, -0.2) is 11.0 Å². The molecule has 0 heterocycles. The molecular formula is C13H8N2O3. The molecule has 0 radical (unpaired) electrons. The number of carbonyl (C=O) groups excluding carboxylic acids is 1. The van der Waals surface area contributed by atoms with Gasteiger partial charge in [-0.25, -0.2) is 4.79 Å². The largest absolute Gasteiger partial charge is 0.269 e. The van der Waals surface area contributed by atoms with E-state index in [1.54, 1.807) is 36.4 Å². The van der Waals surface area contributed by atoms with Crippen LogP contribution in [0.1, 0.15) is 0 Å². The summed E-state index contributed by atoms with van der Waals surface area (Å²) in [5.74, 6) is 0. The molecule has 5 nitrogen and oxygen atoms in total. The van der Waals surface area contributed by atoms with Crippen molar-refractivity contribution < 1.29 is 9.72 Å². The van der Waals surface area contributed by atoms with Crippen molar-refractivity contribution in [1.82, 2.24) is 0 Å². The van der Waals surface area contributed by atoms with Crippen LogP contribution in [0.2, 0.25) is 0 Å². The summed E-state index contributed by atoms with van der Waals surface area (Å²) < 4.78 is 0. The summed E-state index contributed by atoms with van der Waals surface area (Å²) in [6, 6.07) is 13.2. The third-order valence-electron chi connectivity index (χ3n) is 2.45. The van der Waals surface area contributed by atoms with Crippen molar-refractivity contribution >= 4 is 17.5 Å². The molecule has 2 rings (SSSR count). The Morgan fingerprint density at radius 2 is 1.44 bits per heavy atom. The zero-order valence-electron chi connectivity index (χ0n) is 9.24. The summed E-state index contributed by atoms with van der Waals surface area (Å²) >= 11 is 0. The first-order chi connectivity index (χ1) is 8.70. The SMILES string of the molecule is O=C=Nc1ccc(-c2ccc([N+](=O)[O-])cc2)cc1. The van der Waals surface area contributed by atoms with Gasteiger partial charge in [0.1, 0.15) is 0 Å². The van der Waals surface area contributed by atoms with Crippen LogP contribution in [0.3, 0.4) is 0 Å². The lowest BCUT2D eigenvalue weighted by Crippen LogP contribution is -1.86. The fourth-order valence-corrected chi connectivity index (χ4v) is 1.56. The van der Waals surface area contributed by atoms with Gasteiger partial charge in [0.05, 0.1) is 10.6 Å². The van der Waals surface area contributed by atoms with E-state index in [1.807, 2.05) is 0 Å². The molecule has 0 atom stereocenters. The molecule has 0 amide bonds. The van der Waals surface area contributed by atoms with E-state index in [0.717, 1.165) is 11.1 Å². The lowest BCUT2D eigenvalue weighted by atomic mass is 10.1. The molecule has 2 aromatic carbocycles. The first-order valence-electron chi connectivity index (χ1n) is 5.13. The third-order valence-corrected chi connectivity index (χ3v) is 2.45. The molecule has 0 aliphatic carbocycles.